The molecular formula is C13H20O3. The van der Waals surface area contributed by atoms with E-state index in [0.29, 0.717) is 13.0 Å². The molecule has 1 atom stereocenters. The lowest BCUT2D eigenvalue weighted by Crippen LogP contribution is -2.01. The summed E-state index contributed by atoms with van der Waals surface area (Å²) in [5.74, 6) is 0.822. The highest BCUT2D eigenvalue weighted by Gasteiger charge is 2.09. The molecule has 0 aromatic heterocycles. The van der Waals surface area contributed by atoms with Gasteiger partial charge in [-0.2, -0.15) is 0 Å². The van der Waals surface area contributed by atoms with Crippen LogP contribution in [0.2, 0.25) is 0 Å². The molecule has 0 amide bonds. The third kappa shape index (κ3) is 3.51. The molecule has 0 spiro atoms. The van der Waals surface area contributed by atoms with Crippen LogP contribution in [-0.4, -0.2) is 25.9 Å². The molecule has 16 heavy (non-hydrogen) atoms. The Morgan fingerprint density at radius 1 is 1.31 bits per heavy atom. The molecule has 0 heterocycles. The topological polar surface area (TPSA) is 38.7 Å². The molecule has 1 rings (SSSR count). The van der Waals surface area contributed by atoms with E-state index in [4.69, 9.17) is 9.47 Å². The van der Waals surface area contributed by atoms with Crippen molar-refractivity contribution in [1.29, 1.82) is 0 Å². The molecule has 1 N–H and O–H groups in total. The summed E-state index contributed by atoms with van der Waals surface area (Å²) in [4.78, 5) is 0. The number of aliphatic hydroxyl groups excluding tert-OH is 1. The van der Waals surface area contributed by atoms with E-state index in [9.17, 15) is 5.11 Å². The van der Waals surface area contributed by atoms with Crippen LogP contribution in [-0.2, 0) is 4.74 Å². The molecule has 0 saturated heterocycles. The van der Waals surface area contributed by atoms with Crippen molar-refractivity contribution in [3.63, 3.8) is 0 Å². The highest BCUT2D eigenvalue weighted by atomic mass is 16.5. The SMILES string of the molecule is COCCCC(O)c1ccc(C)c(OC)c1. The third-order valence-electron chi connectivity index (χ3n) is 2.64. The molecule has 0 radical (unpaired) electrons. The van der Waals surface area contributed by atoms with Gasteiger partial charge in [-0.15, -0.1) is 0 Å². The van der Waals surface area contributed by atoms with Crippen LogP contribution in [0.25, 0.3) is 0 Å². The van der Waals surface area contributed by atoms with Crippen molar-refractivity contribution < 1.29 is 14.6 Å². The first kappa shape index (κ1) is 13.0. The highest BCUT2D eigenvalue weighted by molar-refractivity contribution is 5.37. The fourth-order valence-corrected chi connectivity index (χ4v) is 1.63. The number of ether oxygens (including phenoxy) is 2. The highest BCUT2D eigenvalue weighted by Crippen LogP contribution is 2.25. The van der Waals surface area contributed by atoms with Gasteiger partial charge in [-0.1, -0.05) is 12.1 Å². The molecule has 3 nitrogen and oxygen atoms in total. The van der Waals surface area contributed by atoms with E-state index in [1.165, 1.54) is 0 Å². The summed E-state index contributed by atoms with van der Waals surface area (Å²) < 4.78 is 10.2. The molecule has 0 aliphatic heterocycles. The maximum atomic E-state index is 9.95. The van der Waals surface area contributed by atoms with E-state index in [1.807, 2.05) is 25.1 Å². The van der Waals surface area contributed by atoms with Crippen LogP contribution in [0.3, 0.4) is 0 Å². The van der Waals surface area contributed by atoms with E-state index in [2.05, 4.69) is 0 Å². The second kappa shape index (κ2) is 6.51. The predicted molar refractivity (Wildman–Crippen MR) is 63.8 cm³/mol. The van der Waals surface area contributed by atoms with Crippen molar-refractivity contribution in [3.8, 4) is 5.75 Å². The summed E-state index contributed by atoms with van der Waals surface area (Å²) in [6, 6.07) is 5.80. The van der Waals surface area contributed by atoms with E-state index in [-0.39, 0.29) is 0 Å². The number of hydrogen-bond donors (Lipinski definition) is 1. The van der Waals surface area contributed by atoms with Gasteiger partial charge in [-0.25, -0.2) is 0 Å². The molecule has 3 heteroatoms. The van der Waals surface area contributed by atoms with Crippen LogP contribution < -0.4 is 4.74 Å². The summed E-state index contributed by atoms with van der Waals surface area (Å²) in [6.07, 6.45) is 1.12. The van der Waals surface area contributed by atoms with Crippen molar-refractivity contribution in [1.82, 2.24) is 0 Å². The van der Waals surface area contributed by atoms with Crippen molar-refractivity contribution in [2.45, 2.75) is 25.9 Å². The van der Waals surface area contributed by atoms with E-state index >= 15 is 0 Å². The van der Waals surface area contributed by atoms with Gasteiger partial charge in [-0.3, -0.25) is 0 Å². The lowest BCUT2D eigenvalue weighted by Gasteiger charge is -2.13. The minimum atomic E-state index is -0.440. The lowest BCUT2D eigenvalue weighted by molar-refractivity contribution is 0.136. The van der Waals surface area contributed by atoms with Gasteiger partial charge < -0.3 is 14.6 Å². The maximum absolute atomic E-state index is 9.95. The predicted octanol–water partition coefficient (Wildman–Crippen LogP) is 2.46. The molecule has 1 aromatic carbocycles. The summed E-state index contributed by atoms with van der Waals surface area (Å²) in [5.41, 5.74) is 1.98. The number of aryl methyl sites for hydroxylation is 1. The quantitative estimate of drug-likeness (QED) is 0.754. The van der Waals surface area contributed by atoms with Gasteiger partial charge in [0, 0.05) is 13.7 Å². The van der Waals surface area contributed by atoms with Crippen molar-refractivity contribution >= 4 is 0 Å². The summed E-state index contributed by atoms with van der Waals surface area (Å²) >= 11 is 0. The second-order valence-corrected chi connectivity index (χ2v) is 3.88. The summed E-state index contributed by atoms with van der Waals surface area (Å²) in [6.45, 7) is 2.67. The van der Waals surface area contributed by atoms with Gasteiger partial charge in [0.1, 0.15) is 5.75 Å². The number of benzene rings is 1. The Morgan fingerprint density at radius 3 is 2.69 bits per heavy atom. The van der Waals surface area contributed by atoms with Gasteiger partial charge in [0.25, 0.3) is 0 Å². The summed E-state index contributed by atoms with van der Waals surface area (Å²) in [5, 5.41) is 9.95. The van der Waals surface area contributed by atoms with Gasteiger partial charge >= 0.3 is 0 Å². The minimum absolute atomic E-state index is 0.440. The van der Waals surface area contributed by atoms with Crippen LogP contribution in [0.1, 0.15) is 30.1 Å². The molecule has 90 valence electrons. The van der Waals surface area contributed by atoms with Gasteiger partial charge in [0.2, 0.25) is 0 Å². The molecule has 1 unspecified atom stereocenters. The molecule has 0 aliphatic carbocycles. The van der Waals surface area contributed by atoms with E-state index in [1.54, 1.807) is 14.2 Å². The molecular weight excluding hydrogens is 204 g/mol. The first-order valence-electron chi connectivity index (χ1n) is 5.50. The largest absolute Gasteiger partial charge is 0.496 e. The third-order valence-corrected chi connectivity index (χ3v) is 2.64. The van der Waals surface area contributed by atoms with E-state index in [0.717, 1.165) is 23.3 Å². The van der Waals surface area contributed by atoms with E-state index < -0.39 is 6.10 Å². The Balaban J connectivity index is 2.64. The normalized spacial score (nSPS) is 12.5. The average Bonchev–Trinajstić information content (AvgIpc) is 2.30. The maximum Gasteiger partial charge on any atom is 0.122 e. The first-order valence-corrected chi connectivity index (χ1v) is 5.50. The monoisotopic (exact) mass is 224 g/mol. The van der Waals surface area contributed by atoms with Crippen LogP contribution in [0.15, 0.2) is 18.2 Å². The zero-order valence-electron chi connectivity index (χ0n) is 10.2. The molecule has 0 fully saturated rings. The molecule has 1 aromatic rings. The zero-order valence-corrected chi connectivity index (χ0v) is 10.2. The zero-order chi connectivity index (χ0) is 12.0. The Kier molecular flexibility index (Phi) is 5.29. The molecule has 0 bridgehead atoms. The van der Waals surface area contributed by atoms with Gasteiger partial charge in [0.15, 0.2) is 0 Å². The Bertz CT molecular complexity index is 323. The Hall–Kier alpha value is -1.06. The number of aliphatic hydroxyl groups is 1. The van der Waals surface area contributed by atoms with Crippen LogP contribution in [0.4, 0.5) is 0 Å². The lowest BCUT2D eigenvalue weighted by atomic mass is 10.0. The van der Waals surface area contributed by atoms with Crippen LogP contribution >= 0.6 is 0 Å². The first-order chi connectivity index (χ1) is 7.69. The Labute approximate surface area is 97.0 Å². The molecule has 0 aliphatic rings. The minimum Gasteiger partial charge on any atom is -0.496 e. The fourth-order valence-electron chi connectivity index (χ4n) is 1.63. The van der Waals surface area contributed by atoms with Crippen molar-refractivity contribution in [3.05, 3.63) is 29.3 Å². The number of methoxy groups -OCH3 is 2. The number of hydrogen-bond acceptors (Lipinski definition) is 3. The van der Waals surface area contributed by atoms with Crippen LogP contribution in [0, 0.1) is 6.92 Å². The van der Waals surface area contributed by atoms with Crippen molar-refractivity contribution in [2.75, 3.05) is 20.8 Å². The molecule has 0 saturated carbocycles. The standard InChI is InChI=1S/C13H20O3/c1-10-6-7-11(9-13(10)16-3)12(14)5-4-8-15-2/h6-7,9,12,14H,4-5,8H2,1-3H3. The smallest absolute Gasteiger partial charge is 0.122 e. The van der Waals surface area contributed by atoms with Gasteiger partial charge in [-0.05, 0) is 37.0 Å². The Morgan fingerprint density at radius 2 is 2.06 bits per heavy atom. The second-order valence-electron chi connectivity index (χ2n) is 3.88. The average molecular weight is 224 g/mol. The fraction of sp³-hybridized carbons (Fsp3) is 0.538. The van der Waals surface area contributed by atoms with Gasteiger partial charge in [0.05, 0.1) is 13.2 Å². The number of rotatable bonds is 6. The summed E-state index contributed by atoms with van der Waals surface area (Å²) in [7, 11) is 3.31. The van der Waals surface area contributed by atoms with Crippen LogP contribution in [0.5, 0.6) is 5.75 Å². The van der Waals surface area contributed by atoms with Crippen molar-refractivity contribution in [2.24, 2.45) is 0 Å².